The molecule has 1 aliphatic heterocycles. The lowest BCUT2D eigenvalue weighted by molar-refractivity contribution is -0.137. The number of anilines is 1. The van der Waals surface area contributed by atoms with Crippen molar-refractivity contribution in [2.45, 2.75) is 31.7 Å². The van der Waals surface area contributed by atoms with E-state index in [0.717, 1.165) is 38.1 Å². The molecular weight excluding hydrogens is 423 g/mol. The molecule has 0 saturated carbocycles. The number of carbonyl (C=O) groups is 1. The van der Waals surface area contributed by atoms with E-state index in [2.05, 4.69) is 32.4 Å². The Hall–Kier alpha value is -3.27. The van der Waals surface area contributed by atoms with E-state index in [1.165, 1.54) is 6.07 Å². The number of halogens is 3. The van der Waals surface area contributed by atoms with Crippen LogP contribution in [0, 0.1) is 0 Å². The van der Waals surface area contributed by atoms with Gasteiger partial charge in [-0.1, -0.05) is 6.07 Å². The molecule has 1 saturated heterocycles. The number of benzene rings is 1. The smallest absolute Gasteiger partial charge is 0.416 e. The van der Waals surface area contributed by atoms with Gasteiger partial charge in [0, 0.05) is 41.3 Å². The highest BCUT2D eigenvalue weighted by Gasteiger charge is 2.31. The van der Waals surface area contributed by atoms with Gasteiger partial charge in [0.15, 0.2) is 5.82 Å². The monoisotopic (exact) mass is 445 g/mol. The molecule has 1 fully saturated rings. The van der Waals surface area contributed by atoms with Gasteiger partial charge < -0.3 is 15.0 Å². The van der Waals surface area contributed by atoms with E-state index in [9.17, 15) is 18.0 Å². The number of ether oxygens (including phenoxy) is 1. The number of nitrogens with zero attached hydrogens (tertiary/aromatic N) is 4. The molecule has 168 valence electrons. The van der Waals surface area contributed by atoms with E-state index in [0.29, 0.717) is 27.8 Å². The summed E-state index contributed by atoms with van der Waals surface area (Å²) in [4.78, 5) is 17.1. The van der Waals surface area contributed by atoms with Crippen LogP contribution in [0.3, 0.4) is 0 Å². The van der Waals surface area contributed by atoms with Crippen LogP contribution in [0.5, 0.6) is 0 Å². The third-order valence-electron chi connectivity index (χ3n) is 5.54. The quantitative estimate of drug-likeness (QED) is 0.577. The standard InChI is InChI=1S/C22H22F3N5O2/c1-30-8-2-3-16(11-30)27-21-19-10-26-7-6-18(19)20(28-29-21)17-5-4-15(22(23,24)25)9-14(17)12-32-13-31/h4-7,9-10,13,16H,2-3,8,11-12H2,1H3,(H,27,29)/t16-/m1/s1. The van der Waals surface area contributed by atoms with Crippen molar-refractivity contribution in [3.05, 3.63) is 47.8 Å². The van der Waals surface area contributed by atoms with Crippen LogP contribution in [0.25, 0.3) is 22.0 Å². The van der Waals surface area contributed by atoms with Crippen molar-refractivity contribution in [3.8, 4) is 11.3 Å². The second kappa shape index (κ2) is 9.07. The van der Waals surface area contributed by atoms with Gasteiger partial charge in [0.25, 0.3) is 6.47 Å². The van der Waals surface area contributed by atoms with Gasteiger partial charge in [-0.05, 0) is 50.2 Å². The van der Waals surface area contributed by atoms with Crippen molar-refractivity contribution in [2.75, 3.05) is 25.5 Å². The molecule has 3 aromatic rings. The van der Waals surface area contributed by atoms with Gasteiger partial charge in [0.2, 0.25) is 0 Å². The van der Waals surface area contributed by atoms with Crippen molar-refractivity contribution in [3.63, 3.8) is 0 Å². The average Bonchev–Trinajstić information content (AvgIpc) is 2.77. The number of likely N-dealkylation sites (tertiary alicyclic amines) is 1. The molecule has 4 rings (SSSR count). The number of alkyl halides is 3. The summed E-state index contributed by atoms with van der Waals surface area (Å²) >= 11 is 0. The first-order chi connectivity index (χ1) is 15.4. The average molecular weight is 445 g/mol. The first-order valence-electron chi connectivity index (χ1n) is 10.2. The van der Waals surface area contributed by atoms with Crippen molar-refractivity contribution in [1.82, 2.24) is 20.1 Å². The van der Waals surface area contributed by atoms with Crippen LogP contribution >= 0.6 is 0 Å². The van der Waals surface area contributed by atoms with Gasteiger partial charge >= 0.3 is 6.18 Å². The molecule has 2 aromatic heterocycles. The molecule has 0 unspecified atom stereocenters. The molecule has 1 aliphatic rings. The largest absolute Gasteiger partial charge is 0.463 e. The summed E-state index contributed by atoms with van der Waals surface area (Å²) in [5, 5.41) is 13.5. The Kier molecular flexibility index (Phi) is 6.22. The lowest BCUT2D eigenvalue weighted by Gasteiger charge is -2.30. The zero-order valence-electron chi connectivity index (χ0n) is 17.4. The van der Waals surface area contributed by atoms with E-state index >= 15 is 0 Å². The highest BCUT2D eigenvalue weighted by molar-refractivity contribution is 6.00. The summed E-state index contributed by atoms with van der Waals surface area (Å²) in [5.41, 5.74) is 0.165. The molecule has 0 bridgehead atoms. The molecule has 1 aromatic carbocycles. The topological polar surface area (TPSA) is 80.2 Å². The highest BCUT2D eigenvalue weighted by atomic mass is 19.4. The molecule has 0 aliphatic carbocycles. The summed E-state index contributed by atoms with van der Waals surface area (Å²) in [6.07, 6.45) is 0.807. The Morgan fingerprint density at radius 3 is 2.84 bits per heavy atom. The van der Waals surface area contributed by atoms with E-state index in [1.807, 2.05) is 0 Å². The van der Waals surface area contributed by atoms with E-state index < -0.39 is 11.7 Å². The molecule has 10 heteroatoms. The van der Waals surface area contributed by atoms with Crippen LogP contribution < -0.4 is 5.32 Å². The van der Waals surface area contributed by atoms with Crippen LogP contribution in [0.4, 0.5) is 19.0 Å². The van der Waals surface area contributed by atoms with Crippen molar-refractivity contribution >= 4 is 23.1 Å². The third kappa shape index (κ3) is 4.64. The van der Waals surface area contributed by atoms with Gasteiger partial charge in [-0.15, -0.1) is 10.2 Å². The van der Waals surface area contributed by atoms with Gasteiger partial charge in [-0.3, -0.25) is 9.78 Å². The number of piperidine rings is 1. The summed E-state index contributed by atoms with van der Waals surface area (Å²) < 4.78 is 44.4. The Labute approximate surface area is 182 Å². The van der Waals surface area contributed by atoms with Crippen LogP contribution in [-0.4, -0.2) is 52.7 Å². The predicted molar refractivity (Wildman–Crippen MR) is 113 cm³/mol. The number of pyridine rings is 1. The molecule has 3 heterocycles. The van der Waals surface area contributed by atoms with Crippen molar-refractivity contribution in [2.24, 2.45) is 0 Å². The fourth-order valence-corrected chi connectivity index (χ4v) is 4.02. The Bertz CT molecular complexity index is 1120. The highest BCUT2D eigenvalue weighted by Crippen LogP contribution is 2.36. The molecule has 0 amide bonds. The van der Waals surface area contributed by atoms with Gasteiger partial charge in [0.1, 0.15) is 12.3 Å². The molecule has 1 atom stereocenters. The zero-order valence-corrected chi connectivity index (χ0v) is 17.4. The number of aromatic nitrogens is 3. The maximum Gasteiger partial charge on any atom is 0.416 e. The molecule has 0 radical (unpaired) electrons. The predicted octanol–water partition coefficient (Wildman–Crippen LogP) is 3.89. The molecule has 32 heavy (non-hydrogen) atoms. The SMILES string of the molecule is CN1CCC[C@@H](Nc2nnc(-c3ccc(C(F)(F)F)cc3COC=O)c3ccncc23)C1. The normalized spacial score (nSPS) is 17.3. The number of hydrogen-bond donors (Lipinski definition) is 1. The summed E-state index contributed by atoms with van der Waals surface area (Å²) in [6, 6.07) is 5.24. The number of carbonyl (C=O) groups excluding carboxylic acids is 1. The first kappa shape index (κ1) is 21.9. The number of fused-ring (bicyclic) bond motifs is 1. The summed E-state index contributed by atoms with van der Waals surface area (Å²) in [5.74, 6) is 0.578. The number of nitrogens with one attached hydrogen (secondary N) is 1. The van der Waals surface area contributed by atoms with E-state index in [1.54, 1.807) is 18.5 Å². The molecule has 0 spiro atoms. The zero-order chi connectivity index (χ0) is 22.7. The summed E-state index contributed by atoms with van der Waals surface area (Å²) in [6.45, 7) is 1.80. The molecule has 7 nitrogen and oxygen atoms in total. The lowest BCUT2D eigenvalue weighted by atomic mass is 9.98. The van der Waals surface area contributed by atoms with Crippen LogP contribution in [0.15, 0.2) is 36.7 Å². The number of likely N-dealkylation sites (N-methyl/N-ethyl adjacent to an activating group) is 1. The third-order valence-corrected chi connectivity index (χ3v) is 5.54. The number of rotatable bonds is 6. The van der Waals surface area contributed by atoms with Gasteiger partial charge in [-0.25, -0.2) is 0 Å². The van der Waals surface area contributed by atoms with Crippen LogP contribution in [0.1, 0.15) is 24.0 Å². The maximum absolute atomic E-state index is 13.2. The van der Waals surface area contributed by atoms with E-state index in [-0.39, 0.29) is 24.7 Å². The molecule has 1 N–H and O–H groups in total. The second-order valence-electron chi connectivity index (χ2n) is 7.84. The second-order valence-corrected chi connectivity index (χ2v) is 7.84. The van der Waals surface area contributed by atoms with Crippen molar-refractivity contribution in [1.29, 1.82) is 0 Å². The van der Waals surface area contributed by atoms with Crippen LogP contribution in [0.2, 0.25) is 0 Å². The Morgan fingerprint density at radius 2 is 2.09 bits per heavy atom. The van der Waals surface area contributed by atoms with E-state index in [4.69, 9.17) is 4.74 Å². The van der Waals surface area contributed by atoms with Crippen molar-refractivity contribution < 1.29 is 22.7 Å². The Morgan fingerprint density at radius 1 is 1.25 bits per heavy atom. The minimum Gasteiger partial charge on any atom is -0.463 e. The fourth-order valence-electron chi connectivity index (χ4n) is 4.02. The minimum atomic E-state index is -4.52. The van der Waals surface area contributed by atoms with Gasteiger partial charge in [-0.2, -0.15) is 13.2 Å². The number of hydrogen-bond acceptors (Lipinski definition) is 7. The lowest BCUT2D eigenvalue weighted by Crippen LogP contribution is -2.40. The minimum absolute atomic E-state index is 0.189. The first-order valence-corrected chi connectivity index (χ1v) is 10.2. The molecular formula is C22H22F3N5O2. The van der Waals surface area contributed by atoms with Crippen LogP contribution in [-0.2, 0) is 22.3 Å². The summed E-state index contributed by atoms with van der Waals surface area (Å²) in [7, 11) is 2.07. The maximum atomic E-state index is 13.2. The Balaban J connectivity index is 1.77. The fraction of sp³-hybridized carbons (Fsp3) is 0.364. The van der Waals surface area contributed by atoms with Gasteiger partial charge in [0.05, 0.1) is 5.56 Å².